The Labute approximate surface area is 213 Å². The van der Waals surface area contributed by atoms with E-state index in [1.807, 2.05) is 12.1 Å². The van der Waals surface area contributed by atoms with E-state index in [0.29, 0.717) is 11.8 Å². The molecule has 0 unspecified atom stereocenters. The molecule has 1 aromatic rings. The monoisotopic (exact) mass is 507 g/mol. The number of halogens is 1. The molecule has 35 heavy (non-hydrogen) atoms. The van der Waals surface area contributed by atoms with Gasteiger partial charge in [-0.05, 0) is 62.3 Å². The van der Waals surface area contributed by atoms with Crippen LogP contribution in [0, 0.1) is 0 Å². The largest absolute Gasteiger partial charge is 0.481 e. The Kier molecular flexibility index (Phi) is 11.0. The number of hydrogen-bond acceptors (Lipinski definition) is 6. The van der Waals surface area contributed by atoms with Crippen LogP contribution in [0.4, 0.5) is 5.69 Å². The first-order valence-corrected chi connectivity index (χ1v) is 12.3. The van der Waals surface area contributed by atoms with Crippen molar-refractivity contribution in [3.63, 3.8) is 0 Å². The van der Waals surface area contributed by atoms with E-state index >= 15 is 0 Å². The SMILES string of the molecule is CNC(=O)[C@@H]1CCCN1c1ccc(C(=NCCC(=O)O)NC(=O)[C@H](C)N)cc1C1CCCCC1.Cl. The third-order valence-corrected chi connectivity index (χ3v) is 6.71. The number of nitrogens with two attached hydrogens (primary N) is 1. The van der Waals surface area contributed by atoms with E-state index in [1.54, 1.807) is 14.0 Å². The number of carbonyl (C=O) groups excluding carboxylic acids is 2. The summed E-state index contributed by atoms with van der Waals surface area (Å²) in [6, 6.07) is 5.05. The summed E-state index contributed by atoms with van der Waals surface area (Å²) < 4.78 is 0. The van der Waals surface area contributed by atoms with Crippen LogP contribution in [-0.2, 0) is 14.4 Å². The van der Waals surface area contributed by atoms with Gasteiger partial charge in [0.25, 0.3) is 0 Å². The summed E-state index contributed by atoms with van der Waals surface area (Å²) in [5.74, 6) is -0.613. The maximum Gasteiger partial charge on any atom is 0.305 e. The van der Waals surface area contributed by atoms with Gasteiger partial charge in [-0.3, -0.25) is 19.4 Å². The summed E-state index contributed by atoms with van der Waals surface area (Å²) >= 11 is 0. The average Bonchev–Trinajstić information content (AvgIpc) is 3.32. The number of carbonyl (C=O) groups is 3. The van der Waals surface area contributed by atoms with Crippen LogP contribution >= 0.6 is 12.4 Å². The maximum absolute atomic E-state index is 12.5. The first-order chi connectivity index (χ1) is 16.3. The molecule has 0 spiro atoms. The number of hydrogen-bond donors (Lipinski definition) is 4. The zero-order valence-corrected chi connectivity index (χ0v) is 21.4. The highest BCUT2D eigenvalue weighted by molar-refractivity contribution is 6.09. The quantitative estimate of drug-likeness (QED) is 0.315. The normalized spacial score (nSPS) is 19.6. The zero-order valence-electron chi connectivity index (χ0n) is 20.6. The Bertz CT molecular complexity index is 930. The Balaban J connectivity index is 0.00000432. The second-order valence-electron chi connectivity index (χ2n) is 9.23. The van der Waals surface area contributed by atoms with Gasteiger partial charge in [-0.25, -0.2) is 0 Å². The molecule has 10 heteroatoms. The number of amidine groups is 1. The number of nitrogens with zero attached hydrogens (tertiary/aromatic N) is 2. The van der Waals surface area contributed by atoms with Gasteiger partial charge in [0, 0.05) is 24.8 Å². The van der Waals surface area contributed by atoms with Crippen LogP contribution in [0.1, 0.15) is 75.3 Å². The fraction of sp³-hybridized carbons (Fsp3) is 0.600. The molecule has 0 aromatic heterocycles. The number of carboxylic acids is 1. The van der Waals surface area contributed by atoms with Crippen molar-refractivity contribution >= 4 is 41.7 Å². The molecule has 1 heterocycles. The molecule has 3 rings (SSSR count). The second kappa shape index (κ2) is 13.4. The molecule has 5 N–H and O–H groups in total. The van der Waals surface area contributed by atoms with Gasteiger partial charge in [0.1, 0.15) is 11.9 Å². The van der Waals surface area contributed by atoms with Crippen LogP contribution in [0.15, 0.2) is 23.2 Å². The summed E-state index contributed by atoms with van der Waals surface area (Å²) in [5.41, 5.74) is 8.69. The number of aliphatic imine (C=N–C) groups is 1. The van der Waals surface area contributed by atoms with Crippen molar-refractivity contribution < 1.29 is 19.5 Å². The van der Waals surface area contributed by atoms with E-state index in [0.717, 1.165) is 61.9 Å². The lowest BCUT2D eigenvalue weighted by Crippen LogP contribution is -2.43. The van der Waals surface area contributed by atoms with E-state index in [2.05, 4.69) is 26.6 Å². The van der Waals surface area contributed by atoms with Crippen molar-refractivity contribution in [1.29, 1.82) is 0 Å². The number of carboxylic acid groups (broad SMARTS) is 1. The van der Waals surface area contributed by atoms with Crippen LogP contribution in [0.5, 0.6) is 0 Å². The van der Waals surface area contributed by atoms with Gasteiger partial charge in [-0.2, -0.15) is 0 Å². The Hall–Kier alpha value is -2.65. The highest BCUT2D eigenvalue weighted by Crippen LogP contribution is 2.40. The van der Waals surface area contributed by atoms with Gasteiger partial charge in [-0.1, -0.05) is 19.3 Å². The smallest absolute Gasteiger partial charge is 0.305 e. The topological polar surface area (TPSA) is 137 Å². The molecule has 0 radical (unpaired) electrons. The van der Waals surface area contributed by atoms with Crippen LogP contribution in [-0.4, -0.2) is 60.9 Å². The van der Waals surface area contributed by atoms with Crippen molar-refractivity contribution in [3.8, 4) is 0 Å². The molecular weight excluding hydrogens is 470 g/mol. The first kappa shape index (κ1) is 28.6. The number of benzene rings is 1. The summed E-state index contributed by atoms with van der Waals surface area (Å²) in [4.78, 5) is 42.5. The van der Waals surface area contributed by atoms with Crippen molar-refractivity contribution in [2.24, 2.45) is 10.7 Å². The Morgan fingerprint density at radius 1 is 1.17 bits per heavy atom. The highest BCUT2D eigenvalue weighted by atomic mass is 35.5. The molecule has 194 valence electrons. The third-order valence-electron chi connectivity index (χ3n) is 6.71. The molecule has 2 atom stereocenters. The van der Waals surface area contributed by atoms with Crippen LogP contribution in [0.2, 0.25) is 0 Å². The summed E-state index contributed by atoms with van der Waals surface area (Å²) in [6.45, 7) is 2.46. The predicted octanol–water partition coefficient (Wildman–Crippen LogP) is 2.56. The molecular formula is C25H38ClN5O4. The second-order valence-corrected chi connectivity index (χ2v) is 9.23. The number of rotatable bonds is 8. The summed E-state index contributed by atoms with van der Waals surface area (Å²) in [6.07, 6.45) is 7.34. The molecule has 9 nitrogen and oxygen atoms in total. The van der Waals surface area contributed by atoms with Crippen molar-refractivity contribution in [2.45, 2.75) is 76.3 Å². The average molecular weight is 508 g/mol. The van der Waals surface area contributed by atoms with Gasteiger partial charge in [0.2, 0.25) is 11.8 Å². The lowest BCUT2D eigenvalue weighted by molar-refractivity contribution is -0.136. The van der Waals surface area contributed by atoms with E-state index in [4.69, 9.17) is 10.8 Å². The molecule has 1 saturated heterocycles. The molecule has 0 bridgehead atoms. The van der Waals surface area contributed by atoms with Crippen molar-refractivity contribution in [1.82, 2.24) is 10.6 Å². The van der Waals surface area contributed by atoms with Gasteiger partial charge < -0.3 is 26.4 Å². The molecule has 1 aliphatic heterocycles. The molecule has 2 fully saturated rings. The summed E-state index contributed by atoms with van der Waals surface area (Å²) in [7, 11) is 1.67. The minimum Gasteiger partial charge on any atom is -0.481 e. The summed E-state index contributed by atoms with van der Waals surface area (Å²) in [5, 5.41) is 14.6. The molecule has 1 saturated carbocycles. The zero-order chi connectivity index (χ0) is 24.7. The molecule has 2 amide bonds. The minimum absolute atomic E-state index is 0. The van der Waals surface area contributed by atoms with Crippen molar-refractivity contribution in [3.05, 3.63) is 29.3 Å². The minimum atomic E-state index is -0.950. The molecule has 1 aromatic carbocycles. The highest BCUT2D eigenvalue weighted by Gasteiger charge is 2.33. The van der Waals surface area contributed by atoms with E-state index in [9.17, 15) is 14.4 Å². The number of anilines is 1. The van der Waals surface area contributed by atoms with Crippen LogP contribution in [0.25, 0.3) is 0 Å². The fourth-order valence-corrected chi connectivity index (χ4v) is 4.90. The lowest BCUT2D eigenvalue weighted by atomic mass is 9.82. The predicted molar refractivity (Wildman–Crippen MR) is 139 cm³/mol. The Morgan fingerprint density at radius 3 is 2.51 bits per heavy atom. The number of nitrogens with one attached hydrogen (secondary N) is 2. The van der Waals surface area contributed by atoms with Gasteiger partial charge in [0.15, 0.2) is 0 Å². The van der Waals surface area contributed by atoms with Crippen molar-refractivity contribution in [2.75, 3.05) is 25.0 Å². The van der Waals surface area contributed by atoms with Crippen LogP contribution < -0.4 is 21.3 Å². The van der Waals surface area contributed by atoms with Gasteiger partial charge in [0.05, 0.1) is 19.0 Å². The standard InChI is InChI=1S/C25H37N5O4.ClH/c1-16(26)24(33)29-23(28-13-12-22(31)32)18-10-11-20(19(15-18)17-7-4-3-5-8-17)30-14-6-9-21(30)25(34)27-2;/h10-11,15-17,21H,3-9,12-14,26H2,1-2H3,(H,27,34)(H,31,32)(H,28,29,33);1H/t16-,21-;/m0./s1. The Morgan fingerprint density at radius 2 is 1.89 bits per heavy atom. The number of aliphatic carboxylic acids is 1. The molecule has 2 aliphatic rings. The van der Waals surface area contributed by atoms with Gasteiger partial charge in [-0.15, -0.1) is 12.4 Å². The van der Waals surface area contributed by atoms with E-state index in [-0.39, 0.29) is 43.2 Å². The number of likely N-dealkylation sites (N-methyl/N-ethyl adjacent to an activating group) is 1. The maximum atomic E-state index is 12.5. The molecule has 1 aliphatic carbocycles. The van der Waals surface area contributed by atoms with E-state index < -0.39 is 12.0 Å². The third kappa shape index (κ3) is 7.41. The van der Waals surface area contributed by atoms with E-state index in [1.165, 1.54) is 6.42 Å². The first-order valence-electron chi connectivity index (χ1n) is 12.3. The van der Waals surface area contributed by atoms with Crippen LogP contribution in [0.3, 0.4) is 0 Å². The van der Waals surface area contributed by atoms with Gasteiger partial charge >= 0.3 is 5.97 Å². The lowest BCUT2D eigenvalue weighted by Gasteiger charge is -2.32. The fourth-order valence-electron chi connectivity index (χ4n) is 4.90. The number of amides is 2.